The minimum atomic E-state index is 0.443. The number of likely N-dealkylation sites (N-methyl/N-ethyl adjacent to an activating group) is 1. The minimum absolute atomic E-state index is 0.443. The zero-order valence-electron chi connectivity index (χ0n) is 21.3. The van der Waals surface area contributed by atoms with Gasteiger partial charge in [0.2, 0.25) is 0 Å². The maximum Gasteiger partial charge on any atom is 0.318 e. The van der Waals surface area contributed by atoms with Gasteiger partial charge in [0, 0.05) is 25.0 Å². The molecule has 34 heavy (non-hydrogen) atoms. The van der Waals surface area contributed by atoms with E-state index in [2.05, 4.69) is 84.7 Å². The van der Waals surface area contributed by atoms with Crippen molar-refractivity contribution in [3.63, 3.8) is 0 Å². The van der Waals surface area contributed by atoms with Crippen LogP contribution in [0.25, 0.3) is 32.8 Å². The van der Waals surface area contributed by atoms with Gasteiger partial charge in [-0.05, 0) is 60.0 Å². The zero-order chi connectivity index (χ0) is 24.3. The van der Waals surface area contributed by atoms with Crippen molar-refractivity contribution in [2.24, 2.45) is 0 Å². The Hall–Kier alpha value is -3.18. The Morgan fingerprint density at radius 3 is 2.21 bits per heavy atom. The van der Waals surface area contributed by atoms with Gasteiger partial charge in [0.1, 0.15) is 12.4 Å². The Kier molecular flexibility index (Phi) is 9.65. The van der Waals surface area contributed by atoms with E-state index >= 15 is 0 Å². The van der Waals surface area contributed by atoms with E-state index in [-0.39, 0.29) is 0 Å². The number of nitrogens with zero attached hydrogens (tertiary/aromatic N) is 3. The van der Waals surface area contributed by atoms with Crippen LogP contribution in [0.2, 0.25) is 0 Å². The lowest BCUT2D eigenvalue weighted by Crippen LogP contribution is -2.26. The number of aromatic nitrogens is 2. The fraction of sp³-hybridized carbons (Fsp3) is 0.379. The number of hydrogen-bond donors (Lipinski definition) is 1. The molecule has 0 spiro atoms. The van der Waals surface area contributed by atoms with E-state index in [0.29, 0.717) is 12.6 Å². The van der Waals surface area contributed by atoms with E-state index in [9.17, 15) is 0 Å². The smallest absolute Gasteiger partial charge is 0.318 e. The molecule has 180 valence electrons. The van der Waals surface area contributed by atoms with Gasteiger partial charge in [0.25, 0.3) is 0 Å². The van der Waals surface area contributed by atoms with Crippen molar-refractivity contribution >= 4 is 27.5 Å². The van der Waals surface area contributed by atoms with Crippen molar-refractivity contribution in [3.05, 3.63) is 60.7 Å². The minimum Gasteiger partial charge on any atom is -0.462 e. The summed E-state index contributed by atoms with van der Waals surface area (Å²) < 4.78 is 5.85. The summed E-state index contributed by atoms with van der Waals surface area (Å²) in [6.07, 6.45) is 2.12. The van der Waals surface area contributed by atoms with Gasteiger partial charge in [-0.15, -0.1) is 0 Å². The van der Waals surface area contributed by atoms with Crippen LogP contribution in [0.5, 0.6) is 6.01 Å². The van der Waals surface area contributed by atoms with Gasteiger partial charge < -0.3 is 15.0 Å². The number of fused-ring (bicyclic) bond motifs is 2. The van der Waals surface area contributed by atoms with Crippen molar-refractivity contribution in [2.45, 2.75) is 40.5 Å². The molecule has 0 atom stereocenters. The van der Waals surface area contributed by atoms with Crippen molar-refractivity contribution in [1.82, 2.24) is 15.3 Å². The highest BCUT2D eigenvalue weighted by Crippen LogP contribution is 2.32. The predicted molar refractivity (Wildman–Crippen MR) is 146 cm³/mol. The first-order valence-corrected chi connectivity index (χ1v) is 12.6. The number of rotatable bonds is 10. The van der Waals surface area contributed by atoms with Gasteiger partial charge in [-0.25, -0.2) is 0 Å². The van der Waals surface area contributed by atoms with Crippen molar-refractivity contribution in [2.75, 3.05) is 38.2 Å². The summed E-state index contributed by atoms with van der Waals surface area (Å²) in [5.74, 6) is 0.959. The molecule has 0 aliphatic carbocycles. The molecular formula is C29H38N4O. The molecule has 0 aliphatic rings. The SMILES string of the molecule is CC.CCCN(CCC)c1nc(OCCNC)nc2ccc(-c3ccc4ccccc4c3)cc12. The molecule has 0 aliphatic heterocycles. The maximum atomic E-state index is 5.85. The number of anilines is 1. The lowest BCUT2D eigenvalue weighted by atomic mass is 10.00. The molecule has 0 radical (unpaired) electrons. The standard InChI is InChI=1S/C27H32N4O.C2H6/c1-4-15-31(16-5-2)26-24-19-23(22-11-10-20-8-6-7-9-21(20)18-22)12-13-25(24)29-27(30-26)32-17-14-28-3;1-2/h6-13,18-19,28H,4-5,14-17H2,1-3H3;1-2H3. The van der Waals surface area contributed by atoms with Gasteiger partial charge >= 0.3 is 6.01 Å². The lowest BCUT2D eigenvalue weighted by molar-refractivity contribution is 0.295. The first-order valence-electron chi connectivity index (χ1n) is 12.6. The molecular weight excluding hydrogens is 420 g/mol. The summed E-state index contributed by atoms with van der Waals surface area (Å²) in [7, 11) is 1.91. The second-order valence-corrected chi connectivity index (χ2v) is 8.06. The Bertz CT molecular complexity index is 1190. The van der Waals surface area contributed by atoms with Gasteiger partial charge in [-0.1, -0.05) is 70.2 Å². The van der Waals surface area contributed by atoms with E-state index in [1.54, 1.807) is 0 Å². The van der Waals surface area contributed by atoms with Crippen LogP contribution < -0.4 is 15.0 Å². The largest absolute Gasteiger partial charge is 0.462 e. The van der Waals surface area contributed by atoms with Crippen LogP contribution in [0.4, 0.5) is 5.82 Å². The topological polar surface area (TPSA) is 50.3 Å². The van der Waals surface area contributed by atoms with Crippen LogP contribution in [0.1, 0.15) is 40.5 Å². The molecule has 4 aromatic rings. The zero-order valence-corrected chi connectivity index (χ0v) is 21.3. The van der Waals surface area contributed by atoms with Crippen molar-refractivity contribution < 1.29 is 4.74 Å². The monoisotopic (exact) mass is 458 g/mol. The summed E-state index contributed by atoms with van der Waals surface area (Å²) in [5.41, 5.74) is 3.28. The van der Waals surface area contributed by atoms with Gasteiger partial charge in [0.15, 0.2) is 0 Å². The first-order chi connectivity index (χ1) is 16.7. The Balaban J connectivity index is 0.00000158. The highest BCUT2D eigenvalue weighted by Gasteiger charge is 2.16. The molecule has 0 unspecified atom stereocenters. The Morgan fingerprint density at radius 2 is 1.50 bits per heavy atom. The van der Waals surface area contributed by atoms with Crippen LogP contribution >= 0.6 is 0 Å². The van der Waals surface area contributed by atoms with Crippen LogP contribution in [-0.2, 0) is 0 Å². The second-order valence-electron chi connectivity index (χ2n) is 8.06. The fourth-order valence-corrected chi connectivity index (χ4v) is 4.05. The fourth-order valence-electron chi connectivity index (χ4n) is 4.05. The third-order valence-electron chi connectivity index (χ3n) is 5.61. The normalized spacial score (nSPS) is 10.7. The quantitative estimate of drug-likeness (QED) is 0.268. The molecule has 5 nitrogen and oxygen atoms in total. The maximum absolute atomic E-state index is 5.85. The Morgan fingerprint density at radius 1 is 0.824 bits per heavy atom. The van der Waals surface area contributed by atoms with Crippen LogP contribution in [0.3, 0.4) is 0 Å². The summed E-state index contributed by atoms with van der Waals surface area (Å²) >= 11 is 0. The third-order valence-corrected chi connectivity index (χ3v) is 5.61. The van der Waals surface area contributed by atoms with Gasteiger partial charge in [-0.3, -0.25) is 0 Å². The molecule has 1 N–H and O–H groups in total. The summed E-state index contributed by atoms with van der Waals surface area (Å²) in [6, 6.07) is 22.0. The van der Waals surface area contributed by atoms with Crippen LogP contribution in [0.15, 0.2) is 60.7 Å². The van der Waals surface area contributed by atoms with Crippen molar-refractivity contribution in [1.29, 1.82) is 0 Å². The molecule has 0 saturated carbocycles. The first kappa shape index (κ1) is 25.4. The van der Waals surface area contributed by atoms with E-state index in [1.165, 1.54) is 21.9 Å². The molecule has 3 aromatic carbocycles. The molecule has 1 aromatic heterocycles. The Labute approximate surface area is 204 Å². The lowest BCUT2D eigenvalue weighted by Gasteiger charge is -2.24. The number of ether oxygens (including phenoxy) is 1. The van der Waals surface area contributed by atoms with Crippen LogP contribution in [-0.4, -0.2) is 43.3 Å². The van der Waals surface area contributed by atoms with E-state index in [0.717, 1.165) is 49.2 Å². The average molecular weight is 459 g/mol. The van der Waals surface area contributed by atoms with Gasteiger partial charge in [0.05, 0.1) is 5.52 Å². The summed E-state index contributed by atoms with van der Waals surface area (Å²) in [5, 5.41) is 6.66. The predicted octanol–water partition coefficient (Wildman–Crippen LogP) is 6.70. The van der Waals surface area contributed by atoms with Gasteiger partial charge in [-0.2, -0.15) is 9.97 Å². The molecule has 1 heterocycles. The second kappa shape index (κ2) is 12.9. The number of hydrogen-bond acceptors (Lipinski definition) is 5. The molecule has 4 rings (SSSR count). The molecule has 0 saturated heterocycles. The summed E-state index contributed by atoms with van der Waals surface area (Å²) in [4.78, 5) is 11.9. The highest BCUT2D eigenvalue weighted by molar-refractivity contribution is 5.95. The highest BCUT2D eigenvalue weighted by atomic mass is 16.5. The third kappa shape index (κ3) is 6.03. The average Bonchev–Trinajstić information content (AvgIpc) is 2.89. The van der Waals surface area contributed by atoms with E-state index in [1.807, 2.05) is 20.9 Å². The number of nitrogens with one attached hydrogen (secondary N) is 1. The van der Waals surface area contributed by atoms with E-state index < -0.39 is 0 Å². The van der Waals surface area contributed by atoms with Crippen LogP contribution in [0, 0.1) is 0 Å². The molecule has 0 bridgehead atoms. The molecule has 0 fully saturated rings. The summed E-state index contributed by atoms with van der Waals surface area (Å²) in [6.45, 7) is 11.6. The number of benzene rings is 3. The van der Waals surface area contributed by atoms with E-state index in [4.69, 9.17) is 14.7 Å². The van der Waals surface area contributed by atoms with Crippen molar-refractivity contribution in [3.8, 4) is 17.1 Å². The molecule has 0 amide bonds. The molecule has 5 heteroatoms.